The molecule has 1 rings (SSSR count). The molecule has 0 aliphatic carbocycles. The summed E-state index contributed by atoms with van der Waals surface area (Å²) < 4.78 is 15.4. The summed E-state index contributed by atoms with van der Waals surface area (Å²) in [7, 11) is 0. The fraction of sp³-hybridized carbons (Fsp3) is 0.444. The highest BCUT2D eigenvalue weighted by Gasteiger charge is 2.37. The third-order valence-corrected chi connectivity index (χ3v) is 2.63. The van der Waals surface area contributed by atoms with E-state index in [-0.39, 0.29) is 0 Å². The second-order valence-electron chi connectivity index (χ2n) is 3.24. The van der Waals surface area contributed by atoms with Gasteiger partial charge in [0.1, 0.15) is 6.54 Å². The lowest BCUT2D eigenvalue weighted by Gasteiger charge is -2.22. The Kier molecular flexibility index (Phi) is 5.52. The lowest BCUT2D eigenvalue weighted by molar-refractivity contribution is -0.708. The number of hydrogen-bond donors (Lipinski definition) is 2. The van der Waals surface area contributed by atoms with Crippen molar-refractivity contribution in [3.63, 3.8) is 0 Å². The molecule has 0 radical (unpaired) electrons. The van der Waals surface area contributed by atoms with E-state index < -0.39 is 22.5 Å². The van der Waals surface area contributed by atoms with Crippen molar-refractivity contribution in [1.82, 2.24) is 5.32 Å². The van der Waals surface area contributed by atoms with Gasteiger partial charge in [0, 0.05) is 0 Å². The fourth-order valence-electron chi connectivity index (χ4n) is 1.15. The molecular formula is C9H11Cl3FN2O2+. The van der Waals surface area contributed by atoms with Gasteiger partial charge in [-0.3, -0.25) is 4.79 Å². The quantitative estimate of drug-likeness (QED) is 0.633. The molecule has 17 heavy (non-hydrogen) atoms. The van der Waals surface area contributed by atoms with Gasteiger partial charge in [0.2, 0.25) is 6.17 Å². The predicted molar refractivity (Wildman–Crippen MR) is 62.5 cm³/mol. The van der Waals surface area contributed by atoms with Crippen LogP contribution in [0.2, 0.25) is 0 Å². The van der Waals surface area contributed by atoms with Crippen molar-refractivity contribution in [2.75, 3.05) is 6.67 Å². The molecule has 0 aliphatic heterocycles. The van der Waals surface area contributed by atoms with Crippen LogP contribution in [-0.4, -0.2) is 22.5 Å². The summed E-state index contributed by atoms with van der Waals surface area (Å²) in [5.74, 6) is -0.184. The lowest BCUT2D eigenvalue weighted by atomic mass is 10.4. The summed E-state index contributed by atoms with van der Waals surface area (Å²) in [6.45, 7) is -0.802. The molecule has 8 heteroatoms. The van der Waals surface area contributed by atoms with Crippen LogP contribution < -0.4 is 10.6 Å². The van der Waals surface area contributed by atoms with E-state index in [2.05, 4.69) is 5.32 Å². The first-order valence-corrected chi connectivity index (χ1v) is 5.84. The molecule has 0 aliphatic rings. The van der Waals surface area contributed by atoms with Crippen LogP contribution in [0.15, 0.2) is 22.8 Å². The normalized spacial score (nSPS) is 13.4. The Bertz CT molecular complexity index is 354. The Labute approximate surface area is 112 Å². The average molecular weight is 305 g/mol. The molecule has 1 heterocycles. The molecule has 1 aromatic rings. The number of nitrogens with two attached hydrogens (primary N) is 1. The van der Waals surface area contributed by atoms with Gasteiger partial charge in [-0.15, -0.1) is 0 Å². The van der Waals surface area contributed by atoms with Gasteiger partial charge in [0.15, 0.2) is 12.4 Å². The minimum Gasteiger partial charge on any atom is -0.463 e. The molecule has 1 atom stereocenters. The zero-order valence-corrected chi connectivity index (χ0v) is 10.9. The average Bonchev–Trinajstić information content (AvgIpc) is 2.74. The van der Waals surface area contributed by atoms with E-state index in [0.717, 1.165) is 0 Å². The summed E-state index contributed by atoms with van der Waals surface area (Å²) in [6.07, 6.45) is 0.620. The first kappa shape index (κ1) is 14.6. The number of nitrogens with one attached hydrogen (secondary N) is 1. The Balaban J connectivity index is 2.55. The topological polar surface area (TPSA) is 58.9 Å². The number of carbonyl (C=O) groups excluding carboxylic acids is 1. The van der Waals surface area contributed by atoms with Gasteiger partial charge in [-0.1, -0.05) is 34.8 Å². The summed E-state index contributed by atoms with van der Waals surface area (Å²) in [5, 5.41) is 3.80. The van der Waals surface area contributed by atoms with E-state index in [9.17, 15) is 9.18 Å². The number of rotatable bonds is 5. The monoisotopic (exact) mass is 303 g/mol. The number of quaternary nitrogens is 1. The molecule has 3 N–H and O–H groups in total. The molecule has 0 spiro atoms. The molecule has 0 fully saturated rings. The van der Waals surface area contributed by atoms with Crippen molar-refractivity contribution in [2.24, 2.45) is 0 Å². The number of carbonyl (C=O) groups is 1. The largest absolute Gasteiger partial charge is 0.463 e. The van der Waals surface area contributed by atoms with Crippen LogP contribution in [0.5, 0.6) is 0 Å². The summed E-state index contributed by atoms with van der Waals surface area (Å²) >= 11 is 17.0. The third-order valence-electron chi connectivity index (χ3n) is 1.93. The SMILES string of the molecule is O=C(CF)NC([NH2+]Cc1ccco1)C(Cl)(Cl)Cl. The maximum absolute atomic E-state index is 12.1. The first-order valence-electron chi connectivity index (χ1n) is 4.71. The molecule has 96 valence electrons. The van der Waals surface area contributed by atoms with Gasteiger partial charge >= 0.3 is 0 Å². The Morgan fingerprint density at radius 3 is 2.76 bits per heavy atom. The highest BCUT2D eigenvalue weighted by Crippen LogP contribution is 2.27. The lowest BCUT2D eigenvalue weighted by Crippen LogP contribution is -2.95. The number of alkyl halides is 4. The Morgan fingerprint density at radius 1 is 1.59 bits per heavy atom. The van der Waals surface area contributed by atoms with Crippen LogP contribution in [0.3, 0.4) is 0 Å². The van der Waals surface area contributed by atoms with Crippen molar-refractivity contribution in [1.29, 1.82) is 0 Å². The second kappa shape index (κ2) is 6.44. The summed E-state index contributed by atoms with van der Waals surface area (Å²) in [5.41, 5.74) is 0. The van der Waals surface area contributed by atoms with Crippen molar-refractivity contribution in [3.05, 3.63) is 24.2 Å². The Hall–Kier alpha value is -0.490. The maximum atomic E-state index is 12.1. The summed E-state index contributed by atoms with van der Waals surface area (Å²) in [6, 6.07) is 3.45. The van der Waals surface area contributed by atoms with Gasteiger partial charge in [0.25, 0.3) is 9.70 Å². The smallest absolute Gasteiger partial charge is 0.262 e. The van der Waals surface area contributed by atoms with Crippen molar-refractivity contribution >= 4 is 40.7 Å². The van der Waals surface area contributed by atoms with Crippen LogP contribution in [-0.2, 0) is 11.3 Å². The van der Waals surface area contributed by atoms with Crippen LogP contribution in [0.25, 0.3) is 0 Å². The maximum Gasteiger partial charge on any atom is 0.262 e. The van der Waals surface area contributed by atoms with Crippen LogP contribution in [0, 0.1) is 0 Å². The molecule has 1 unspecified atom stereocenters. The van der Waals surface area contributed by atoms with Gasteiger partial charge in [-0.05, 0) is 12.1 Å². The second-order valence-corrected chi connectivity index (χ2v) is 5.61. The van der Waals surface area contributed by atoms with E-state index >= 15 is 0 Å². The molecular weight excluding hydrogens is 293 g/mol. The third kappa shape index (κ3) is 5.12. The number of halogens is 4. The molecule has 0 aromatic carbocycles. The zero-order valence-electron chi connectivity index (χ0n) is 8.63. The number of furan rings is 1. The van der Waals surface area contributed by atoms with Crippen molar-refractivity contribution in [3.8, 4) is 0 Å². The van der Waals surface area contributed by atoms with Crippen LogP contribution >= 0.6 is 34.8 Å². The molecule has 4 nitrogen and oxygen atoms in total. The highest BCUT2D eigenvalue weighted by molar-refractivity contribution is 6.68. The molecule has 0 bridgehead atoms. The predicted octanol–water partition coefficient (Wildman–Crippen LogP) is 1.13. The van der Waals surface area contributed by atoms with Gasteiger partial charge < -0.3 is 15.1 Å². The standard InChI is InChI=1S/C9H10Cl3FN2O2/c10-9(11,12)8(15-7(16)4-13)14-5-6-2-1-3-17-6/h1-3,8,14H,4-5H2,(H,15,16)/p+1. The van der Waals surface area contributed by atoms with E-state index in [4.69, 9.17) is 39.2 Å². The van der Waals surface area contributed by atoms with E-state index in [1.165, 1.54) is 6.26 Å². The van der Waals surface area contributed by atoms with Crippen LogP contribution in [0.4, 0.5) is 4.39 Å². The minimum atomic E-state index is -1.74. The van der Waals surface area contributed by atoms with Gasteiger partial charge in [-0.2, -0.15) is 0 Å². The van der Waals surface area contributed by atoms with Gasteiger partial charge in [-0.25, -0.2) is 4.39 Å². The fourth-order valence-corrected chi connectivity index (χ4v) is 1.58. The summed E-state index contributed by atoms with van der Waals surface area (Å²) in [4.78, 5) is 10.9. The van der Waals surface area contributed by atoms with E-state index in [1.807, 2.05) is 0 Å². The van der Waals surface area contributed by atoms with Gasteiger partial charge in [0.05, 0.1) is 6.26 Å². The minimum absolute atomic E-state index is 0.359. The molecule has 0 saturated heterocycles. The van der Waals surface area contributed by atoms with E-state index in [1.54, 1.807) is 17.4 Å². The zero-order chi connectivity index (χ0) is 12.9. The van der Waals surface area contributed by atoms with Crippen molar-refractivity contribution in [2.45, 2.75) is 16.5 Å². The van der Waals surface area contributed by atoms with Crippen molar-refractivity contribution < 1.29 is 18.9 Å². The molecule has 0 saturated carbocycles. The van der Waals surface area contributed by atoms with Crippen LogP contribution in [0.1, 0.15) is 5.76 Å². The Morgan fingerprint density at radius 2 is 2.29 bits per heavy atom. The highest BCUT2D eigenvalue weighted by atomic mass is 35.6. The first-order chi connectivity index (χ1) is 7.93. The number of amides is 1. The molecule has 1 aromatic heterocycles. The van der Waals surface area contributed by atoms with E-state index in [0.29, 0.717) is 12.3 Å². The number of hydrogen-bond acceptors (Lipinski definition) is 2. The molecule has 1 amide bonds.